The fraction of sp³-hybridized carbons (Fsp3) is 0.467. The van der Waals surface area contributed by atoms with Gasteiger partial charge in [-0.15, -0.1) is 0 Å². The Labute approximate surface area is 123 Å². The van der Waals surface area contributed by atoms with Crippen LogP contribution in [-0.4, -0.2) is 34.4 Å². The van der Waals surface area contributed by atoms with E-state index in [1.54, 1.807) is 12.1 Å². The fourth-order valence-corrected chi connectivity index (χ4v) is 2.46. The second-order valence-electron chi connectivity index (χ2n) is 5.47. The van der Waals surface area contributed by atoms with Gasteiger partial charge in [0.15, 0.2) is 0 Å². The summed E-state index contributed by atoms with van der Waals surface area (Å²) in [6.45, 7) is 0.570. The van der Waals surface area contributed by atoms with Crippen molar-refractivity contribution in [2.24, 2.45) is 0 Å². The number of hydrogen-bond donors (Lipinski definition) is 4. The lowest BCUT2D eigenvalue weighted by molar-refractivity contribution is 0.0501. The molecule has 2 rings (SSSR count). The van der Waals surface area contributed by atoms with Crippen LogP contribution in [0.2, 0.25) is 0 Å². The summed E-state index contributed by atoms with van der Waals surface area (Å²) in [5.41, 5.74) is 0.266. The molecule has 6 heteroatoms. The number of amides is 2. The Kier molecular flexibility index (Phi) is 4.80. The van der Waals surface area contributed by atoms with Crippen LogP contribution in [0.25, 0.3) is 0 Å². The summed E-state index contributed by atoms with van der Waals surface area (Å²) < 4.78 is 0. The van der Waals surface area contributed by atoms with E-state index in [9.17, 15) is 14.7 Å². The minimum absolute atomic E-state index is 0.214. The molecule has 0 aliphatic heterocycles. The summed E-state index contributed by atoms with van der Waals surface area (Å²) in [6, 6.07) is 5.98. The van der Waals surface area contributed by atoms with E-state index in [1.807, 2.05) is 0 Å². The topological polar surface area (TPSA) is 98.7 Å². The van der Waals surface area contributed by atoms with Crippen LogP contribution < -0.4 is 10.6 Å². The maximum Gasteiger partial charge on any atom is 0.335 e. The van der Waals surface area contributed by atoms with Crippen molar-refractivity contribution >= 4 is 12.0 Å². The number of aromatic carboxylic acids is 1. The molecule has 6 nitrogen and oxygen atoms in total. The zero-order chi connectivity index (χ0) is 15.3. The third-order valence-electron chi connectivity index (χ3n) is 3.77. The molecule has 1 aromatic rings. The number of hydrogen-bond acceptors (Lipinski definition) is 3. The van der Waals surface area contributed by atoms with Crippen LogP contribution in [0, 0.1) is 0 Å². The number of urea groups is 1. The van der Waals surface area contributed by atoms with Crippen molar-refractivity contribution in [3.8, 4) is 0 Å². The Morgan fingerprint density at radius 1 is 1.10 bits per heavy atom. The van der Waals surface area contributed by atoms with Crippen LogP contribution >= 0.6 is 0 Å². The molecular formula is C15H20N2O4. The van der Waals surface area contributed by atoms with Crippen LogP contribution in [-0.2, 0) is 6.54 Å². The fourth-order valence-electron chi connectivity index (χ4n) is 2.46. The molecule has 1 aliphatic rings. The molecule has 0 atom stereocenters. The highest BCUT2D eigenvalue weighted by Crippen LogP contribution is 2.28. The minimum atomic E-state index is -0.975. The van der Waals surface area contributed by atoms with Crippen molar-refractivity contribution in [1.29, 1.82) is 0 Å². The van der Waals surface area contributed by atoms with Crippen molar-refractivity contribution < 1.29 is 19.8 Å². The van der Waals surface area contributed by atoms with Gasteiger partial charge in [0.2, 0.25) is 0 Å². The minimum Gasteiger partial charge on any atom is -0.478 e. The highest BCUT2D eigenvalue weighted by Gasteiger charge is 2.31. The van der Waals surface area contributed by atoms with Gasteiger partial charge in [0, 0.05) is 13.1 Å². The third kappa shape index (κ3) is 4.46. The first-order valence-corrected chi connectivity index (χ1v) is 7.05. The Balaban J connectivity index is 1.74. The first kappa shape index (κ1) is 15.3. The number of nitrogens with one attached hydrogen (secondary N) is 2. The first-order valence-electron chi connectivity index (χ1n) is 7.05. The SMILES string of the molecule is O=C(NCc1ccc(C(=O)O)cc1)NCC1(O)CCCC1. The quantitative estimate of drug-likeness (QED) is 0.660. The predicted octanol–water partition coefficient (Wildman–Crippen LogP) is 1.49. The first-order chi connectivity index (χ1) is 9.98. The number of carboxylic acids is 1. The van der Waals surface area contributed by atoms with Crippen molar-refractivity contribution in [2.75, 3.05) is 6.54 Å². The summed E-state index contributed by atoms with van der Waals surface area (Å²) in [4.78, 5) is 22.4. The maximum atomic E-state index is 11.7. The number of aliphatic hydroxyl groups is 1. The molecule has 0 heterocycles. The van der Waals surface area contributed by atoms with E-state index in [2.05, 4.69) is 10.6 Å². The van der Waals surface area contributed by atoms with Gasteiger partial charge in [-0.05, 0) is 30.5 Å². The molecule has 21 heavy (non-hydrogen) atoms. The lowest BCUT2D eigenvalue weighted by atomic mass is 10.0. The zero-order valence-electron chi connectivity index (χ0n) is 11.8. The number of carbonyl (C=O) groups excluding carboxylic acids is 1. The number of benzene rings is 1. The van der Waals surface area contributed by atoms with Gasteiger partial charge in [0.1, 0.15) is 0 Å². The summed E-state index contributed by atoms with van der Waals surface area (Å²) in [6.07, 6.45) is 3.44. The third-order valence-corrected chi connectivity index (χ3v) is 3.77. The molecule has 0 radical (unpaired) electrons. The van der Waals surface area contributed by atoms with Crippen LogP contribution in [0.1, 0.15) is 41.6 Å². The Hall–Kier alpha value is -2.08. The maximum absolute atomic E-state index is 11.7. The van der Waals surface area contributed by atoms with Crippen molar-refractivity contribution in [1.82, 2.24) is 10.6 Å². The summed E-state index contributed by atoms with van der Waals surface area (Å²) in [7, 11) is 0. The summed E-state index contributed by atoms with van der Waals surface area (Å²) >= 11 is 0. The van der Waals surface area contributed by atoms with E-state index in [0.29, 0.717) is 6.54 Å². The molecule has 0 unspecified atom stereocenters. The van der Waals surface area contributed by atoms with Gasteiger partial charge in [-0.1, -0.05) is 25.0 Å². The van der Waals surface area contributed by atoms with E-state index in [0.717, 1.165) is 31.2 Å². The Morgan fingerprint density at radius 2 is 1.71 bits per heavy atom. The lowest BCUT2D eigenvalue weighted by Gasteiger charge is -2.22. The summed E-state index contributed by atoms with van der Waals surface area (Å²) in [5, 5.41) is 24.2. The molecule has 1 saturated carbocycles. The standard InChI is InChI=1S/C15H20N2O4/c18-13(19)12-5-3-11(4-6-12)9-16-14(20)17-10-15(21)7-1-2-8-15/h3-6,21H,1-2,7-10H2,(H,18,19)(H2,16,17,20). The monoisotopic (exact) mass is 292 g/mol. The van der Waals surface area contributed by atoms with Gasteiger partial charge in [-0.3, -0.25) is 0 Å². The second-order valence-corrected chi connectivity index (χ2v) is 5.47. The van der Waals surface area contributed by atoms with E-state index >= 15 is 0 Å². The van der Waals surface area contributed by atoms with Crippen molar-refractivity contribution in [2.45, 2.75) is 37.8 Å². The number of rotatable bonds is 5. The molecule has 4 N–H and O–H groups in total. The Bertz CT molecular complexity index is 507. The Morgan fingerprint density at radius 3 is 2.29 bits per heavy atom. The van der Waals surface area contributed by atoms with Crippen LogP contribution in [0.3, 0.4) is 0 Å². The van der Waals surface area contributed by atoms with Gasteiger partial charge in [0.25, 0.3) is 0 Å². The lowest BCUT2D eigenvalue weighted by Crippen LogP contribution is -2.44. The molecular weight excluding hydrogens is 272 g/mol. The molecule has 114 valence electrons. The van der Waals surface area contributed by atoms with Gasteiger partial charge < -0.3 is 20.8 Å². The van der Waals surface area contributed by atoms with Gasteiger partial charge >= 0.3 is 12.0 Å². The highest BCUT2D eigenvalue weighted by molar-refractivity contribution is 5.87. The highest BCUT2D eigenvalue weighted by atomic mass is 16.4. The molecule has 1 fully saturated rings. The molecule has 0 aromatic heterocycles. The summed E-state index contributed by atoms with van der Waals surface area (Å²) in [5.74, 6) is -0.975. The molecule has 0 spiro atoms. The normalized spacial score (nSPS) is 16.4. The van der Waals surface area contributed by atoms with Crippen molar-refractivity contribution in [3.05, 3.63) is 35.4 Å². The molecule has 0 bridgehead atoms. The molecule has 0 saturated heterocycles. The number of carbonyl (C=O) groups is 2. The zero-order valence-corrected chi connectivity index (χ0v) is 11.8. The van der Waals surface area contributed by atoms with E-state index in [-0.39, 0.29) is 18.1 Å². The van der Waals surface area contributed by atoms with E-state index in [4.69, 9.17) is 5.11 Å². The number of carboxylic acid groups (broad SMARTS) is 1. The van der Waals surface area contributed by atoms with Gasteiger partial charge in [-0.2, -0.15) is 0 Å². The van der Waals surface area contributed by atoms with Gasteiger partial charge in [-0.25, -0.2) is 9.59 Å². The van der Waals surface area contributed by atoms with E-state index < -0.39 is 11.6 Å². The molecule has 1 aliphatic carbocycles. The van der Waals surface area contributed by atoms with Crippen LogP contribution in [0.15, 0.2) is 24.3 Å². The molecule has 2 amide bonds. The predicted molar refractivity (Wildman–Crippen MR) is 77.1 cm³/mol. The average molecular weight is 292 g/mol. The molecule has 1 aromatic carbocycles. The van der Waals surface area contributed by atoms with Gasteiger partial charge in [0.05, 0.1) is 11.2 Å². The van der Waals surface area contributed by atoms with E-state index in [1.165, 1.54) is 12.1 Å². The largest absolute Gasteiger partial charge is 0.478 e. The smallest absolute Gasteiger partial charge is 0.335 e. The van der Waals surface area contributed by atoms with Crippen LogP contribution in [0.4, 0.5) is 4.79 Å². The second kappa shape index (κ2) is 6.58. The van der Waals surface area contributed by atoms with Crippen molar-refractivity contribution in [3.63, 3.8) is 0 Å². The average Bonchev–Trinajstić information content (AvgIpc) is 2.91. The van der Waals surface area contributed by atoms with Crippen LogP contribution in [0.5, 0.6) is 0 Å².